The molecule has 0 aromatic heterocycles. The Morgan fingerprint density at radius 3 is 2.20 bits per heavy atom. The van der Waals surface area contributed by atoms with Crippen molar-refractivity contribution in [2.24, 2.45) is 0 Å². The van der Waals surface area contributed by atoms with E-state index in [4.69, 9.17) is 4.74 Å². The second-order valence-corrected chi connectivity index (χ2v) is 12.2. The lowest BCUT2D eigenvalue weighted by Crippen LogP contribution is -2.55. The number of amides is 2. The summed E-state index contributed by atoms with van der Waals surface area (Å²) < 4.78 is 47.5. The van der Waals surface area contributed by atoms with E-state index in [0.29, 0.717) is 17.7 Å². The van der Waals surface area contributed by atoms with Gasteiger partial charge in [-0.25, -0.2) is 12.8 Å². The lowest BCUT2D eigenvalue weighted by molar-refractivity contribution is -0.141. The molecule has 214 valence electrons. The molecule has 1 N–H and O–H groups in total. The van der Waals surface area contributed by atoms with Gasteiger partial charge in [0.2, 0.25) is 11.8 Å². The Morgan fingerprint density at radius 2 is 1.62 bits per heavy atom. The second kappa shape index (κ2) is 13.0. The molecule has 3 aromatic carbocycles. The molecule has 10 heteroatoms. The number of hydrogen-bond donors (Lipinski definition) is 1. The van der Waals surface area contributed by atoms with Gasteiger partial charge < -0.3 is 15.0 Å². The van der Waals surface area contributed by atoms with Crippen molar-refractivity contribution >= 4 is 27.5 Å². The van der Waals surface area contributed by atoms with E-state index in [1.165, 1.54) is 36.3 Å². The molecule has 0 bridgehead atoms. The molecule has 0 radical (unpaired) electrons. The van der Waals surface area contributed by atoms with Gasteiger partial charge in [-0.1, -0.05) is 37.3 Å². The van der Waals surface area contributed by atoms with Crippen molar-refractivity contribution in [3.05, 3.63) is 90.2 Å². The Morgan fingerprint density at radius 1 is 0.975 bits per heavy atom. The predicted molar refractivity (Wildman–Crippen MR) is 153 cm³/mol. The summed E-state index contributed by atoms with van der Waals surface area (Å²) >= 11 is 0. The molecule has 2 amide bonds. The highest BCUT2D eigenvalue weighted by Crippen LogP contribution is 2.25. The number of nitrogens with one attached hydrogen (secondary N) is 1. The van der Waals surface area contributed by atoms with E-state index in [0.717, 1.165) is 16.4 Å². The molecular weight excluding hydrogens is 533 g/mol. The van der Waals surface area contributed by atoms with Crippen molar-refractivity contribution in [1.82, 2.24) is 10.2 Å². The fourth-order valence-electron chi connectivity index (χ4n) is 4.20. The fraction of sp³-hybridized carbons (Fsp3) is 0.333. The first-order valence-corrected chi connectivity index (χ1v) is 14.4. The molecule has 0 saturated carbocycles. The molecule has 1 atom stereocenters. The van der Waals surface area contributed by atoms with Crippen LogP contribution in [-0.2, 0) is 26.2 Å². The SMILES string of the molecule is CC[C@H](C(=O)NC(C)(C)C)N(Cc1cccc(OC)c1)C(=O)CN(c1ccc(F)cc1)S(=O)(=O)c1ccccc1. The number of hydrogen-bond acceptors (Lipinski definition) is 5. The molecule has 3 aromatic rings. The molecule has 3 rings (SSSR count). The zero-order valence-electron chi connectivity index (χ0n) is 23.4. The molecule has 0 aliphatic carbocycles. The van der Waals surface area contributed by atoms with E-state index in [9.17, 15) is 22.4 Å². The number of halogens is 1. The Kier molecular flexibility index (Phi) is 9.92. The van der Waals surface area contributed by atoms with E-state index in [1.807, 2.05) is 20.8 Å². The number of ether oxygens (including phenoxy) is 1. The van der Waals surface area contributed by atoms with E-state index in [-0.39, 0.29) is 23.0 Å². The Hall–Kier alpha value is -3.92. The first-order chi connectivity index (χ1) is 18.9. The average molecular weight is 570 g/mol. The summed E-state index contributed by atoms with van der Waals surface area (Å²) in [6.45, 7) is 6.75. The standard InChI is InChI=1S/C30H36FN3O5S/c1-6-27(29(36)32-30(2,3)4)33(20-22-11-10-12-25(19-22)39-5)28(35)21-34(24-17-15-23(31)16-18-24)40(37,38)26-13-8-7-9-14-26/h7-19,27H,6,20-21H2,1-5H3,(H,32,36)/t27-/m1/s1. The molecule has 0 spiro atoms. The van der Waals surface area contributed by atoms with Gasteiger partial charge >= 0.3 is 0 Å². The van der Waals surface area contributed by atoms with Gasteiger partial charge in [-0.3, -0.25) is 13.9 Å². The third-order valence-electron chi connectivity index (χ3n) is 6.10. The van der Waals surface area contributed by atoms with Gasteiger partial charge in [0.05, 0.1) is 17.7 Å². The zero-order chi connectivity index (χ0) is 29.5. The minimum Gasteiger partial charge on any atom is -0.497 e. The van der Waals surface area contributed by atoms with Crippen molar-refractivity contribution in [3.8, 4) is 5.75 Å². The number of anilines is 1. The van der Waals surface area contributed by atoms with Crippen LogP contribution in [0.4, 0.5) is 10.1 Å². The third kappa shape index (κ3) is 7.81. The van der Waals surface area contributed by atoms with Gasteiger partial charge in [0.25, 0.3) is 10.0 Å². The molecule has 0 heterocycles. The quantitative estimate of drug-likeness (QED) is 0.360. The summed E-state index contributed by atoms with van der Waals surface area (Å²) in [7, 11) is -2.69. The van der Waals surface area contributed by atoms with E-state index >= 15 is 0 Å². The predicted octanol–water partition coefficient (Wildman–Crippen LogP) is 4.75. The van der Waals surface area contributed by atoms with Crippen LogP contribution in [0.1, 0.15) is 39.7 Å². The van der Waals surface area contributed by atoms with Gasteiger partial charge in [0.15, 0.2) is 0 Å². The van der Waals surface area contributed by atoms with Crippen LogP contribution < -0.4 is 14.4 Å². The molecule has 0 fully saturated rings. The van der Waals surface area contributed by atoms with Crippen LogP contribution in [0.15, 0.2) is 83.8 Å². The highest BCUT2D eigenvalue weighted by atomic mass is 32.2. The normalized spacial score (nSPS) is 12.3. The number of rotatable bonds is 11. The van der Waals surface area contributed by atoms with Gasteiger partial charge in [0.1, 0.15) is 24.2 Å². The third-order valence-corrected chi connectivity index (χ3v) is 7.88. The minimum atomic E-state index is -4.22. The largest absolute Gasteiger partial charge is 0.497 e. The van der Waals surface area contributed by atoms with Gasteiger partial charge in [0, 0.05) is 12.1 Å². The topological polar surface area (TPSA) is 96.0 Å². The zero-order valence-corrected chi connectivity index (χ0v) is 24.2. The molecule has 0 aliphatic rings. The summed E-state index contributed by atoms with van der Waals surface area (Å²) in [6.07, 6.45) is 0.291. The van der Waals surface area contributed by atoms with Crippen molar-refractivity contribution < 1.29 is 27.1 Å². The first kappa shape index (κ1) is 30.6. The summed E-state index contributed by atoms with van der Waals surface area (Å²) in [5, 5.41) is 2.93. The van der Waals surface area contributed by atoms with Crippen LogP contribution in [0.2, 0.25) is 0 Å². The Bertz CT molecular complexity index is 1410. The van der Waals surface area contributed by atoms with E-state index < -0.39 is 39.9 Å². The molecule has 0 aliphatic heterocycles. The van der Waals surface area contributed by atoms with E-state index in [1.54, 1.807) is 49.4 Å². The summed E-state index contributed by atoms with van der Waals surface area (Å²) in [5.41, 5.74) is 0.271. The number of carbonyl (C=O) groups is 2. The first-order valence-electron chi connectivity index (χ1n) is 12.9. The second-order valence-electron chi connectivity index (χ2n) is 10.3. The summed E-state index contributed by atoms with van der Waals surface area (Å²) in [6, 6.07) is 18.8. The van der Waals surface area contributed by atoms with Gasteiger partial charge in [-0.05, 0) is 81.3 Å². The van der Waals surface area contributed by atoms with Crippen molar-refractivity contribution in [2.45, 2.75) is 57.1 Å². The number of benzene rings is 3. The fourth-order valence-corrected chi connectivity index (χ4v) is 5.63. The van der Waals surface area contributed by atoms with Crippen LogP contribution in [-0.4, -0.2) is 50.4 Å². The van der Waals surface area contributed by atoms with Crippen molar-refractivity contribution in [1.29, 1.82) is 0 Å². The summed E-state index contributed by atoms with van der Waals surface area (Å²) in [4.78, 5) is 28.8. The molecule has 0 unspecified atom stereocenters. The Balaban J connectivity index is 2.06. The number of carbonyl (C=O) groups excluding carboxylic acids is 2. The van der Waals surface area contributed by atoms with E-state index in [2.05, 4.69) is 5.32 Å². The van der Waals surface area contributed by atoms with Gasteiger partial charge in [-0.2, -0.15) is 0 Å². The van der Waals surface area contributed by atoms with Crippen molar-refractivity contribution in [2.75, 3.05) is 18.0 Å². The highest BCUT2D eigenvalue weighted by Gasteiger charge is 2.34. The van der Waals surface area contributed by atoms with Crippen LogP contribution in [0.5, 0.6) is 5.75 Å². The number of methoxy groups -OCH3 is 1. The van der Waals surface area contributed by atoms with Crippen LogP contribution in [0, 0.1) is 5.82 Å². The molecule has 0 saturated heterocycles. The summed E-state index contributed by atoms with van der Waals surface area (Å²) in [5.74, 6) is -0.915. The van der Waals surface area contributed by atoms with Crippen molar-refractivity contribution in [3.63, 3.8) is 0 Å². The Labute approximate surface area is 235 Å². The minimum absolute atomic E-state index is 0.0241. The number of nitrogens with zero attached hydrogens (tertiary/aromatic N) is 2. The molecular formula is C30H36FN3O5S. The molecule has 40 heavy (non-hydrogen) atoms. The maximum atomic E-state index is 14.0. The van der Waals surface area contributed by atoms with Crippen LogP contribution in [0.25, 0.3) is 0 Å². The lowest BCUT2D eigenvalue weighted by Gasteiger charge is -2.34. The highest BCUT2D eigenvalue weighted by molar-refractivity contribution is 7.92. The average Bonchev–Trinajstić information content (AvgIpc) is 2.91. The van der Waals surface area contributed by atoms with Gasteiger partial charge in [-0.15, -0.1) is 0 Å². The number of sulfonamides is 1. The van der Waals surface area contributed by atoms with Crippen LogP contribution in [0.3, 0.4) is 0 Å². The smallest absolute Gasteiger partial charge is 0.264 e. The maximum absolute atomic E-state index is 14.0. The lowest BCUT2D eigenvalue weighted by atomic mass is 10.1. The maximum Gasteiger partial charge on any atom is 0.264 e. The molecule has 8 nitrogen and oxygen atoms in total. The monoisotopic (exact) mass is 569 g/mol. The van der Waals surface area contributed by atoms with Crippen LogP contribution >= 0.6 is 0 Å².